The van der Waals surface area contributed by atoms with E-state index in [9.17, 15) is 14.0 Å². The van der Waals surface area contributed by atoms with Crippen LogP contribution in [0.3, 0.4) is 0 Å². The molecular weight excluding hydrogens is 530 g/mol. The van der Waals surface area contributed by atoms with Gasteiger partial charge in [-0.1, -0.05) is 0 Å². The highest BCUT2D eigenvalue weighted by atomic mass is 19.1. The maximum atomic E-state index is 16.3. The molecule has 4 aromatic rings. The minimum Gasteiger partial charge on any atom is -0.488 e. The molecule has 2 heterocycles. The number of hydrogen-bond acceptors (Lipinski definition) is 6. The number of aromatic nitrogens is 2. The summed E-state index contributed by atoms with van der Waals surface area (Å²) in [6.45, 7) is 12.3. The van der Waals surface area contributed by atoms with Gasteiger partial charge in [0.1, 0.15) is 22.3 Å². The molecule has 3 aromatic carbocycles. The van der Waals surface area contributed by atoms with Crippen LogP contribution in [-0.4, -0.2) is 39.3 Å². The molecule has 214 valence electrons. The SMILES string of the molecule is CC(C)Oc1cc(N2c3cc4cn[nH]c4c(F)c3N(c3ccc(C(=O)OC(C)(C)C)cc3)C(=O)C2(C)C)ccc1F. The first-order valence-electron chi connectivity index (χ1n) is 13.3. The van der Waals surface area contributed by atoms with E-state index in [1.165, 1.54) is 41.4 Å². The Bertz CT molecular complexity index is 1660. The van der Waals surface area contributed by atoms with E-state index in [1.54, 1.807) is 71.6 Å². The summed E-state index contributed by atoms with van der Waals surface area (Å²) in [6.07, 6.45) is 1.21. The average molecular weight is 563 g/mol. The second kappa shape index (κ2) is 9.87. The molecule has 1 aliphatic heterocycles. The number of ether oxygens (including phenoxy) is 2. The summed E-state index contributed by atoms with van der Waals surface area (Å²) in [7, 11) is 0. The first-order valence-corrected chi connectivity index (χ1v) is 13.3. The number of halogens is 2. The lowest BCUT2D eigenvalue weighted by Gasteiger charge is -2.48. The molecule has 5 rings (SSSR count). The van der Waals surface area contributed by atoms with Crippen molar-refractivity contribution in [1.82, 2.24) is 10.2 Å². The normalized spacial score (nSPS) is 14.9. The first-order chi connectivity index (χ1) is 19.2. The van der Waals surface area contributed by atoms with Gasteiger partial charge in [0.05, 0.1) is 23.6 Å². The van der Waals surface area contributed by atoms with E-state index in [-0.39, 0.29) is 23.1 Å². The molecule has 10 heteroatoms. The van der Waals surface area contributed by atoms with Gasteiger partial charge in [0.25, 0.3) is 5.91 Å². The topological polar surface area (TPSA) is 87.8 Å². The van der Waals surface area contributed by atoms with E-state index >= 15 is 4.39 Å². The van der Waals surface area contributed by atoms with Crippen LogP contribution in [0.1, 0.15) is 58.8 Å². The highest BCUT2D eigenvalue weighted by molar-refractivity contribution is 6.16. The van der Waals surface area contributed by atoms with Crippen LogP contribution in [0.5, 0.6) is 5.75 Å². The standard InChI is InChI=1S/C31H32F2N4O4/c1-17(2)40-24-15-21(12-13-22(24)32)37-23-14-19-16-34-35-26(19)25(33)27(23)36(29(39)31(37,6)7)20-10-8-18(9-11-20)28(38)41-30(3,4)5/h8-17H,1-7H3,(H,34,35). The van der Waals surface area contributed by atoms with Gasteiger partial charge in [-0.2, -0.15) is 5.10 Å². The number of benzene rings is 3. The van der Waals surface area contributed by atoms with Gasteiger partial charge in [0, 0.05) is 22.8 Å². The number of anilines is 4. The third-order valence-electron chi connectivity index (χ3n) is 6.68. The molecule has 0 aliphatic carbocycles. The highest BCUT2D eigenvalue weighted by Crippen LogP contribution is 2.51. The van der Waals surface area contributed by atoms with Crippen molar-refractivity contribution in [3.63, 3.8) is 0 Å². The molecule has 1 amide bonds. The van der Waals surface area contributed by atoms with E-state index in [0.29, 0.717) is 28.0 Å². The third kappa shape index (κ3) is 4.98. The minimum atomic E-state index is -1.26. The van der Waals surface area contributed by atoms with E-state index in [2.05, 4.69) is 10.2 Å². The quantitative estimate of drug-likeness (QED) is 0.259. The molecule has 0 fully saturated rings. The molecule has 0 spiro atoms. The number of fused-ring (bicyclic) bond motifs is 2. The zero-order valence-corrected chi connectivity index (χ0v) is 24.0. The maximum absolute atomic E-state index is 16.3. The van der Waals surface area contributed by atoms with Gasteiger partial charge >= 0.3 is 5.97 Å². The van der Waals surface area contributed by atoms with Crippen molar-refractivity contribution in [1.29, 1.82) is 0 Å². The van der Waals surface area contributed by atoms with Crippen LogP contribution in [0.25, 0.3) is 10.9 Å². The molecule has 1 N–H and O–H groups in total. The molecule has 1 aliphatic rings. The second-order valence-corrected chi connectivity index (χ2v) is 11.8. The van der Waals surface area contributed by atoms with Crippen LogP contribution in [0, 0.1) is 11.6 Å². The predicted molar refractivity (Wildman–Crippen MR) is 153 cm³/mol. The van der Waals surface area contributed by atoms with Gasteiger partial charge in [-0.15, -0.1) is 0 Å². The number of H-pyrrole nitrogens is 1. The first kappa shape index (κ1) is 28.1. The molecule has 0 unspecified atom stereocenters. The van der Waals surface area contributed by atoms with Crippen LogP contribution in [0.4, 0.5) is 31.5 Å². The Morgan fingerprint density at radius 3 is 2.32 bits per heavy atom. The van der Waals surface area contributed by atoms with E-state index in [1.807, 2.05) is 0 Å². The van der Waals surface area contributed by atoms with Crippen molar-refractivity contribution in [2.24, 2.45) is 0 Å². The highest BCUT2D eigenvalue weighted by Gasteiger charge is 2.48. The summed E-state index contributed by atoms with van der Waals surface area (Å²) < 4.78 is 42.0. The van der Waals surface area contributed by atoms with Crippen LogP contribution in [0.2, 0.25) is 0 Å². The largest absolute Gasteiger partial charge is 0.488 e. The maximum Gasteiger partial charge on any atom is 0.338 e. The number of nitrogens with one attached hydrogen (secondary N) is 1. The van der Waals surface area contributed by atoms with Gasteiger partial charge in [0.2, 0.25) is 0 Å². The number of carbonyl (C=O) groups is 2. The van der Waals surface area contributed by atoms with Crippen LogP contribution >= 0.6 is 0 Å². The fourth-order valence-electron chi connectivity index (χ4n) is 4.95. The lowest BCUT2D eigenvalue weighted by atomic mass is 9.92. The van der Waals surface area contributed by atoms with E-state index in [4.69, 9.17) is 9.47 Å². The minimum absolute atomic E-state index is 0.00764. The number of carbonyl (C=O) groups excluding carboxylic acids is 2. The van der Waals surface area contributed by atoms with Crippen LogP contribution in [-0.2, 0) is 9.53 Å². The third-order valence-corrected chi connectivity index (χ3v) is 6.68. The Hall–Kier alpha value is -4.47. The summed E-state index contributed by atoms with van der Waals surface area (Å²) >= 11 is 0. The Labute approximate surface area is 236 Å². The lowest BCUT2D eigenvalue weighted by molar-refractivity contribution is -0.122. The zero-order chi connectivity index (χ0) is 29.9. The summed E-state index contributed by atoms with van der Waals surface area (Å²) in [6, 6.07) is 12.3. The number of hydrogen-bond donors (Lipinski definition) is 1. The number of amides is 1. The van der Waals surface area contributed by atoms with Gasteiger partial charge in [-0.3, -0.25) is 14.8 Å². The molecule has 0 bridgehead atoms. The van der Waals surface area contributed by atoms with E-state index < -0.39 is 34.7 Å². The Morgan fingerprint density at radius 2 is 1.68 bits per heavy atom. The molecule has 0 atom stereocenters. The zero-order valence-electron chi connectivity index (χ0n) is 24.0. The van der Waals surface area contributed by atoms with Crippen LogP contribution in [0.15, 0.2) is 54.7 Å². The lowest BCUT2D eigenvalue weighted by Crippen LogP contribution is -2.57. The Morgan fingerprint density at radius 1 is 1.02 bits per heavy atom. The van der Waals surface area contributed by atoms with Crippen molar-refractivity contribution in [3.05, 3.63) is 71.9 Å². The van der Waals surface area contributed by atoms with Crippen molar-refractivity contribution in [2.45, 2.75) is 65.7 Å². The molecule has 0 saturated carbocycles. The predicted octanol–water partition coefficient (Wildman–Crippen LogP) is 7.18. The number of rotatable bonds is 5. The molecule has 0 radical (unpaired) electrons. The van der Waals surface area contributed by atoms with Gasteiger partial charge < -0.3 is 14.4 Å². The summed E-state index contributed by atoms with van der Waals surface area (Å²) in [5.74, 6) is -2.16. The molecule has 8 nitrogen and oxygen atoms in total. The molecular formula is C31H32F2N4O4. The molecule has 1 aromatic heterocycles. The average Bonchev–Trinajstić information content (AvgIpc) is 3.35. The Balaban J connectivity index is 1.69. The van der Waals surface area contributed by atoms with Gasteiger partial charge in [-0.25, -0.2) is 13.6 Å². The van der Waals surface area contributed by atoms with Crippen molar-refractivity contribution in [3.8, 4) is 5.75 Å². The second-order valence-electron chi connectivity index (χ2n) is 11.8. The summed E-state index contributed by atoms with van der Waals surface area (Å²) in [5.41, 5.74) is -0.332. The summed E-state index contributed by atoms with van der Waals surface area (Å²) in [4.78, 5) is 29.8. The van der Waals surface area contributed by atoms with Gasteiger partial charge in [-0.05, 0) is 90.9 Å². The number of aromatic amines is 1. The summed E-state index contributed by atoms with van der Waals surface area (Å²) in [5, 5.41) is 7.16. The number of nitrogens with zero attached hydrogens (tertiary/aromatic N) is 3. The molecule has 0 saturated heterocycles. The van der Waals surface area contributed by atoms with Gasteiger partial charge in [0.15, 0.2) is 17.4 Å². The smallest absolute Gasteiger partial charge is 0.338 e. The number of esters is 1. The van der Waals surface area contributed by atoms with E-state index in [0.717, 1.165) is 0 Å². The fourth-order valence-corrected chi connectivity index (χ4v) is 4.95. The van der Waals surface area contributed by atoms with Crippen molar-refractivity contribution in [2.75, 3.05) is 9.80 Å². The Kier molecular flexibility index (Phi) is 6.75. The van der Waals surface area contributed by atoms with Crippen molar-refractivity contribution >= 4 is 45.5 Å². The van der Waals surface area contributed by atoms with Crippen LogP contribution < -0.4 is 14.5 Å². The fraction of sp³-hybridized carbons (Fsp3) is 0.323. The monoisotopic (exact) mass is 562 g/mol. The molecule has 41 heavy (non-hydrogen) atoms. The van der Waals surface area contributed by atoms with Crippen molar-refractivity contribution < 1.29 is 27.8 Å².